The molecule has 0 heterocycles. The summed E-state index contributed by atoms with van der Waals surface area (Å²) in [6.07, 6.45) is 1.74. The number of allylic oxidation sites excluding steroid dienone is 2. The maximum absolute atomic E-state index is 10.1. The first kappa shape index (κ1) is 7.21. The molecule has 0 aromatic heterocycles. The van der Waals surface area contributed by atoms with Gasteiger partial charge in [-0.3, -0.25) is 4.79 Å². The van der Waals surface area contributed by atoms with Crippen LogP contribution in [0, 0.1) is 0 Å². The Morgan fingerprint density at radius 2 is 2.00 bits per heavy atom. The summed E-state index contributed by atoms with van der Waals surface area (Å²) < 4.78 is 4.62. The quantitative estimate of drug-likeness (QED) is 0.381. The summed E-state index contributed by atoms with van der Waals surface area (Å²) in [5.74, 6) is 0.387. The van der Waals surface area contributed by atoms with Crippen molar-refractivity contribution in [3.05, 3.63) is 11.8 Å². The second-order valence-electron chi connectivity index (χ2n) is 1.49. The van der Waals surface area contributed by atoms with Crippen LogP contribution in [0.3, 0.4) is 0 Å². The molecule has 0 unspecified atom stereocenters. The fraction of sp³-hybridized carbons (Fsp3) is 0.500. The lowest BCUT2D eigenvalue weighted by Crippen LogP contribution is -1.94. The summed E-state index contributed by atoms with van der Waals surface area (Å²) in [7, 11) is 0. The van der Waals surface area contributed by atoms with Crippen LogP contribution in [0.5, 0.6) is 0 Å². The predicted octanol–water partition coefficient (Wildman–Crippen LogP) is 1.47. The molecule has 0 aliphatic heterocycles. The Hall–Kier alpha value is -0.790. The zero-order chi connectivity index (χ0) is 6.57. The molecule has 46 valence electrons. The lowest BCUT2D eigenvalue weighted by atomic mass is 10.5. The number of esters is 1. The predicted molar refractivity (Wildman–Crippen MR) is 31.2 cm³/mol. The zero-order valence-corrected chi connectivity index (χ0v) is 5.39. The van der Waals surface area contributed by atoms with Gasteiger partial charge >= 0.3 is 5.97 Å². The molecule has 0 amide bonds. The standard InChI is InChI=1S/C6H10O2/c1-4-5(2)8-6(3)7/h4H,1-3H3/b5-4+. The van der Waals surface area contributed by atoms with Gasteiger partial charge in [-0.15, -0.1) is 0 Å². The van der Waals surface area contributed by atoms with Crippen LogP contribution in [0.2, 0.25) is 0 Å². The lowest BCUT2D eigenvalue weighted by Gasteiger charge is -1.96. The molecule has 0 aliphatic carbocycles. The average molecular weight is 114 g/mol. The molecule has 0 atom stereocenters. The van der Waals surface area contributed by atoms with E-state index in [1.54, 1.807) is 13.0 Å². The molecule has 0 bridgehead atoms. The SMILES string of the molecule is C/C=C(\C)OC(C)=O. The van der Waals surface area contributed by atoms with Crippen molar-refractivity contribution in [1.82, 2.24) is 0 Å². The van der Waals surface area contributed by atoms with Crippen molar-refractivity contribution in [2.75, 3.05) is 0 Å². The number of carbonyl (C=O) groups is 1. The molecule has 0 aromatic rings. The molecule has 0 radical (unpaired) electrons. The van der Waals surface area contributed by atoms with Crippen LogP contribution in [0.1, 0.15) is 20.8 Å². The highest BCUT2D eigenvalue weighted by molar-refractivity contribution is 5.67. The van der Waals surface area contributed by atoms with E-state index in [2.05, 4.69) is 4.74 Å². The van der Waals surface area contributed by atoms with Crippen molar-refractivity contribution < 1.29 is 9.53 Å². The maximum Gasteiger partial charge on any atom is 0.307 e. The van der Waals surface area contributed by atoms with Gasteiger partial charge in [0.05, 0.1) is 0 Å². The van der Waals surface area contributed by atoms with Crippen LogP contribution >= 0.6 is 0 Å². The highest BCUT2D eigenvalue weighted by Gasteiger charge is 1.90. The van der Waals surface area contributed by atoms with E-state index >= 15 is 0 Å². The van der Waals surface area contributed by atoms with E-state index in [1.807, 2.05) is 6.92 Å². The molecule has 2 heteroatoms. The molecule has 0 spiro atoms. The second-order valence-corrected chi connectivity index (χ2v) is 1.49. The van der Waals surface area contributed by atoms with Crippen molar-refractivity contribution in [1.29, 1.82) is 0 Å². The van der Waals surface area contributed by atoms with Crippen LogP contribution in [0.15, 0.2) is 11.8 Å². The average Bonchev–Trinajstić information content (AvgIpc) is 1.65. The highest BCUT2D eigenvalue weighted by atomic mass is 16.5. The third-order valence-corrected chi connectivity index (χ3v) is 0.711. The van der Waals surface area contributed by atoms with E-state index in [0.717, 1.165) is 0 Å². The molecular formula is C6H10O2. The summed E-state index contributed by atoms with van der Waals surface area (Å²) in [6.45, 7) is 4.94. The number of carbonyl (C=O) groups excluding carboxylic acids is 1. The molecule has 0 aliphatic rings. The molecule has 2 nitrogen and oxygen atoms in total. The number of rotatable bonds is 1. The van der Waals surface area contributed by atoms with E-state index in [9.17, 15) is 4.79 Å². The first-order valence-electron chi connectivity index (χ1n) is 2.48. The van der Waals surface area contributed by atoms with Crippen molar-refractivity contribution in [3.63, 3.8) is 0 Å². The largest absolute Gasteiger partial charge is 0.432 e. The van der Waals surface area contributed by atoms with Gasteiger partial charge in [-0.25, -0.2) is 0 Å². The summed E-state index contributed by atoms with van der Waals surface area (Å²) >= 11 is 0. The summed E-state index contributed by atoms with van der Waals surface area (Å²) in [4.78, 5) is 10.1. The minimum atomic E-state index is -0.263. The summed E-state index contributed by atoms with van der Waals surface area (Å²) in [5.41, 5.74) is 0. The van der Waals surface area contributed by atoms with Gasteiger partial charge < -0.3 is 4.74 Å². The molecule has 0 rings (SSSR count). The van der Waals surface area contributed by atoms with Gasteiger partial charge in [0.15, 0.2) is 0 Å². The first-order valence-corrected chi connectivity index (χ1v) is 2.48. The smallest absolute Gasteiger partial charge is 0.307 e. The Kier molecular flexibility index (Phi) is 2.92. The molecule has 8 heavy (non-hydrogen) atoms. The van der Waals surface area contributed by atoms with Gasteiger partial charge in [0.25, 0.3) is 0 Å². The monoisotopic (exact) mass is 114 g/mol. The minimum Gasteiger partial charge on any atom is -0.432 e. The molecule has 0 saturated carbocycles. The van der Waals surface area contributed by atoms with E-state index < -0.39 is 0 Å². The Morgan fingerprint density at radius 1 is 1.50 bits per heavy atom. The summed E-state index contributed by atoms with van der Waals surface area (Å²) in [5, 5.41) is 0. The Bertz CT molecular complexity index is 114. The number of hydrogen-bond donors (Lipinski definition) is 0. The third kappa shape index (κ3) is 3.40. The number of hydrogen-bond acceptors (Lipinski definition) is 2. The first-order chi connectivity index (χ1) is 3.66. The molecule has 0 fully saturated rings. The normalized spacial score (nSPS) is 11.1. The Morgan fingerprint density at radius 3 is 2.12 bits per heavy atom. The van der Waals surface area contributed by atoms with E-state index in [1.165, 1.54) is 6.92 Å². The minimum absolute atomic E-state index is 0.263. The van der Waals surface area contributed by atoms with Crippen LogP contribution in [-0.4, -0.2) is 5.97 Å². The molecule has 0 N–H and O–H groups in total. The van der Waals surface area contributed by atoms with Crippen LogP contribution in [0.4, 0.5) is 0 Å². The van der Waals surface area contributed by atoms with Crippen LogP contribution in [-0.2, 0) is 9.53 Å². The van der Waals surface area contributed by atoms with Crippen LogP contribution < -0.4 is 0 Å². The fourth-order valence-corrected chi connectivity index (χ4v) is 0.286. The highest BCUT2D eigenvalue weighted by Crippen LogP contribution is 1.92. The fourth-order valence-electron chi connectivity index (χ4n) is 0.286. The van der Waals surface area contributed by atoms with Crippen molar-refractivity contribution in [2.45, 2.75) is 20.8 Å². The van der Waals surface area contributed by atoms with Crippen LogP contribution in [0.25, 0.3) is 0 Å². The van der Waals surface area contributed by atoms with Gasteiger partial charge in [0.2, 0.25) is 0 Å². The van der Waals surface area contributed by atoms with Gasteiger partial charge in [-0.2, -0.15) is 0 Å². The summed E-state index contributed by atoms with van der Waals surface area (Å²) in [6, 6.07) is 0. The molecular weight excluding hydrogens is 104 g/mol. The van der Waals surface area contributed by atoms with E-state index in [-0.39, 0.29) is 5.97 Å². The van der Waals surface area contributed by atoms with Crippen molar-refractivity contribution in [2.24, 2.45) is 0 Å². The van der Waals surface area contributed by atoms with Crippen molar-refractivity contribution >= 4 is 5.97 Å². The second kappa shape index (κ2) is 3.24. The van der Waals surface area contributed by atoms with Gasteiger partial charge in [0.1, 0.15) is 5.76 Å². The molecule has 0 aromatic carbocycles. The Balaban J connectivity index is 3.56. The third-order valence-electron chi connectivity index (χ3n) is 0.711. The van der Waals surface area contributed by atoms with Gasteiger partial charge in [-0.05, 0) is 19.9 Å². The lowest BCUT2D eigenvalue weighted by molar-refractivity contribution is -0.136. The molecule has 0 saturated heterocycles. The van der Waals surface area contributed by atoms with Gasteiger partial charge in [-0.1, -0.05) is 0 Å². The topological polar surface area (TPSA) is 26.3 Å². The van der Waals surface area contributed by atoms with E-state index in [4.69, 9.17) is 0 Å². The number of ether oxygens (including phenoxy) is 1. The maximum atomic E-state index is 10.1. The van der Waals surface area contributed by atoms with Gasteiger partial charge in [0, 0.05) is 6.92 Å². The van der Waals surface area contributed by atoms with E-state index in [0.29, 0.717) is 5.76 Å². The zero-order valence-electron chi connectivity index (χ0n) is 5.39. The Labute approximate surface area is 49.1 Å². The van der Waals surface area contributed by atoms with Crippen molar-refractivity contribution in [3.8, 4) is 0 Å².